The van der Waals surface area contributed by atoms with Gasteiger partial charge < -0.3 is 10.1 Å². The number of hydrogen-bond acceptors (Lipinski definition) is 4. The Labute approximate surface area is 101 Å². The van der Waals surface area contributed by atoms with E-state index in [-0.39, 0.29) is 17.2 Å². The van der Waals surface area contributed by atoms with Crippen molar-refractivity contribution in [2.24, 2.45) is 0 Å². The van der Waals surface area contributed by atoms with E-state index in [1.54, 1.807) is 0 Å². The summed E-state index contributed by atoms with van der Waals surface area (Å²) in [6, 6.07) is 2.62. The van der Waals surface area contributed by atoms with Gasteiger partial charge in [0.25, 0.3) is 11.5 Å². The second-order valence-corrected chi connectivity index (χ2v) is 3.66. The van der Waals surface area contributed by atoms with Crippen molar-refractivity contribution < 1.29 is 9.53 Å². The van der Waals surface area contributed by atoms with Crippen molar-refractivity contribution >= 4 is 21.8 Å². The Hall–Kier alpha value is -1.21. The predicted octanol–water partition coefficient (Wildman–Crippen LogP) is -0.0888. The van der Waals surface area contributed by atoms with Gasteiger partial charge in [0, 0.05) is 17.9 Å². The zero-order valence-electron chi connectivity index (χ0n) is 8.53. The van der Waals surface area contributed by atoms with E-state index >= 15 is 0 Å². The molecule has 0 saturated heterocycles. The van der Waals surface area contributed by atoms with Gasteiger partial charge in [0.1, 0.15) is 5.69 Å². The molecule has 0 saturated carbocycles. The molecule has 2 N–H and O–H groups in total. The Morgan fingerprint density at radius 2 is 2.31 bits per heavy atom. The van der Waals surface area contributed by atoms with Crippen molar-refractivity contribution in [2.45, 2.75) is 0 Å². The van der Waals surface area contributed by atoms with Crippen molar-refractivity contribution in [3.05, 3.63) is 28.2 Å². The Bertz CT molecular complexity index is 373. The van der Waals surface area contributed by atoms with Crippen LogP contribution < -0.4 is 10.9 Å². The molecule has 1 aromatic rings. The largest absolute Gasteiger partial charge is 0.379 e. The number of rotatable bonds is 6. The summed E-state index contributed by atoms with van der Waals surface area (Å²) >= 11 is 3.22. The van der Waals surface area contributed by atoms with E-state index in [2.05, 4.69) is 31.4 Å². The lowest BCUT2D eigenvalue weighted by atomic mass is 10.3. The summed E-state index contributed by atoms with van der Waals surface area (Å²) in [5.74, 6) is -0.335. The van der Waals surface area contributed by atoms with Crippen molar-refractivity contribution in [2.75, 3.05) is 25.1 Å². The molecule has 0 fully saturated rings. The van der Waals surface area contributed by atoms with E-state index in [0.29, 0.717) is 19.8 Å². The lowest BCUT2D eigenvalue weighted by Gasteiger charge is -2.04. The van der Waals surface area contributed by atoms with Crippen molar-refractivity contribution in [1.29, 1.82) is 0 Å². The molecule has 0 atom stereocenters. The van der Waals surface area contributed by atoms with Gasteiger partial charge in [0.15, 0.2) is 0 Å². The van der Waals surface area contributed by atoms with E-state index in [1.165, 1.54) is 12.1 Å². The summed E-state index contributed by atoms with van der Waals surface area (Å²) in [7, 11) is 0. The van der Waals surface area contributed by atoms with Crippen LogP contribution in [0.5, 0.6) is 0 Å². The quantitative estimate of drug-likeness (QED) is 0.566. The molecule has 0 aliphatic carbocycles. The monoisotopic (exact) mass is 289 g/mol. The number of amides is 1. The van der Waals surface area contributed by atoms with Crippen LogP contribution in [0, 0.1) is 0 Å². The van der Waals surface area contributed by atoms with Gasteiger partial charge in [-0.1, -0.05) is 15.9 Å². The molecule has 0 bridgehead atoms. The zero-order chi connectivity index (χ0) is 11.8. The van der Waals surface area contributed by atoms with Gasteiger partial charge in [-0.25, -0.2) is 5.10 Å². The van der Waals surface area contributed by atoms with Crippen molar-refractivity contribution in [1.82, 2.24) is 15.5 Å². The molecular weight excluding hydrogens is 278 g/mol. The third kappa shape index (κ3) is 4.54. The Kier molecular flexibility index (Phi) is 5.73. The maximum absolute atomic E-state index is 11.4. The number of carbonyl (C=O) groups excluding carboxylic acids is 1. The number of H-pyrrole nitrogens is 1. The molecule has 16 heavy (non-hydrogen) atoms. The van der Waals surface area contributed by atoms with Crippen LogP contribution in [0.15, 0.2) is 16.9 Å². The molecule has 0 spiro atoms. The van der Waals surface area contributed by atoms with E-state index in [1.807, 2.05) is 0 Å². The average molecular weight is 290 g/mol. The van der Waals surface area contributed by atoms with Gasteiger partial charge in [0.05, 0.1) is 13.2 Å². The Morgan fingerprint density at radius 3 is 2.94 bits per heavy atom. The van der Waals surface area contributed by atoms with Crippen molar-refractivity contribution in [3.63, 3.8) is 0 Å². The molecule has 1 rings (SSSR count). The first-order chi connectivity index (χ1) is 7.74. The number of nitrogens with one attached hydrogen (secondary N) is 2. The smallest absolute Gasteiger partial charge is 0.271 e. The number of hydrogen-bond donors (Lipinski definition) is 2. The topological polar surface area (TPSA) is 84.1 Å². The third-order valence-electron chi connectivity index (χ3n) is 1.67. The van der Waals surface area contributed by atoms with Gasteiger partial charge in [0.2, 0.25) is 0 Å². The summed E-state index contributed by atoms with van der Waals surface area (Å²) in [5, 5.41) is 9.16. The fraction of sp³-hybridized carbons (Fsp3) is 0.444. The highest BCUT2D eigenvalue weighted by Crippen LogP contribution is 1.88. The molecule has 6 nitrogen and oxygen atoms in total. The number of ether oxygens (including phenoxy) is 1. The van der Waals surface area contributed by atoms with Gasteiger partial charge in [-0.15, -0.1) is 0 Å². The number of nitrogens with zero attached hydrogens (tertiary/aromatic N) is 1. The standard InChI is InChI=1S/C9H12BrN3O3/c10-3-5-16-6-4-11-9(15)7-1-2-8(14)13-12-7/h1-2H,3-6H2,(H,11,15)(H,13,14). The van der Waals surface area contributed by atoms with E-state index < -0.39 is 0 Å². The lowest BCUT2D eigenvalue weighted by molar-refractivity contribution is 0.0918. The molecule has 1 amide bonds. The van der Waals surface area contributed by atoms with Crippen LogP contribution in [0.1, 0.15) is 10.5 Å². The predicted molar refractivity (Wildman–Crippen MR) is 61.8 cm³/mol. The maximum atomic E-state index is 11.4. The van der Waals surface area contributed by atoms with E-state index in [4.69, 9.17) is 4.74 Å². The first-order valence-corrected chi connectivity index (χ1v) is 5.84. The normalized spacial score (nSPS) is 10.1. The van der Waals surface area contributed by atoms with E-state index in [9.17, 15) is 9.59 Å². The fourth-order valence-electron chi connectivity index (χ4n) is 0.955. The molecule has 88 valence electrons. The number of carbonyl (C=O) groups is 1. The first kappa shape index (κ1) is 12.9. The van der Waals surface area contributed by atoms with Crippen LogP contribution in [-0.4, -0.2) is 41.2 Å². The molecule has 1 heterocycles. The molecule has 0 aromatic carbocycles. The molecule has 0 aliphatic heterocycles. The first-order valence-electron chi connectivity index (χ1n) is 4.71. The summed E-state index contributed by atoms with van der Waals surface area (Å²) in [6.07, 6.45) is 0. The van der Waals surface area contributed by atoms with Crippen LogP contribution >= 0.6 is 15.9 Å². The summed E-state index contributed by atoms with van der Waals surface area (Å²) in [4.78, 5) is 22.1. The zero-order valence-corrected chi connectivity index (χ0v) is 10.1. The van der Waals surface area contributed by atoms with Crippen LogP contribution in [0.4, 0.5) is 0 Å². The third-order valence-corrected chi connectivity index (χ3v) is 1.99. The van der Waals surface area contributed by atoms with E-state index in [0.717, 1.165) is 5.33 Å². The average Bonchev–Trinajstić information content (AvgIpc) is 2.29. The highest BCUT2D eigenvalue weighted by atomic mass is 79.9. The summed E-state index contributed by atoms with van der Waals surface area (Å²) in [6.45, 7) is 1.46. The van der Waals surface area contributed by atoms with Gasteiger partial charge in [-0.3, -0.25) is 9.59 Å². The van der Waals surface area contributed by atoms with Crippen LogP contribution in [-0.2, 0) is 4.74 Å². The minimum Gasteiger partial charge on any atom is -0.379 e. The van der Waals surface area contributed by atoms with Gasteiger partial charge >= 0.3 is 0 Å². The molecule has 0 unspecified atom stereocenters. The Balaban J connectivity index is 2.30. The minimum atomic E-state index is -0.336. The fourth-order valence-corrected chi connectivity index (χ4v) is 1.18. The summed E-state index contributed by atoms with van der Waals surface area (Å²) < 4.78 is 5.15. The second kappa shape index (κ2) is 7.13. The van der Waals surface area contributed by atoms with Gasteiger partial charge in [-0.05, 0) is 6.07 Å². The number of halogens is 1. The highest BCUT2D eigenvalue weighted by Gasteiger charge is 2.05. The lowest BCUT2D eigenvalue weighted by Crippen LogP contribution is -2.29. The number of aromatic amines is 1. The Morgan fingerprint density at radius 1 is 1.50 bits per heavy atom. The highest BCUT2D eigenvalue weighted by molar-refractivity contribution is 9.09. The van der Waals surface area contributed by atoms with Crippen LogP contribution in [0.25, 0.3) is 0 Å². The minimum absolute atomic E-state index is 0.181. The molecule has 0 aliphatic rings. The van der Waals surface area contributed by atoms with Crippen LogP contribution in [0.3, 0.4) is 0 Å². The number of aromatic nitrogens is 2. The van der Waals surface area contributed by atoms with Crippen molar-refractivity contribution in [3.8, 4) is 0 Å². The number of alkyl halides is 1. The second-order valence-electron chi connectivity index (χ2n) is 2.86. The molecule has 7 heteroatoms. The maximum Gasteiger partial charge on any atom is 0.271 e. The molecular formula is C9H12BrN3O3. The van der Waals surface area contributed by atoms with Gasteiger partial charge in [-0.2, -0.15) is 5.10 Å². The summed E-state index contributed by atoms with van der Waals surface area (Å²) in [5.41, 5.74) is -0.155. The molecule has 1 aromatic heterocycles. The molecule has 0 radical (unpaired) electrons. The van der Waals surface area contributed by atoms with Crippen LogP contribution in [0.2, 0.25) is 0 Å². The SMILES string of the molecule is O=C(NCCOCCBr)c1ccc(=O)[nH]n1.